The van der Waals surface area contributed by atoms with E-state index in [9.17, 15) is 13.2 Å². The highest BCUT2D eigenvalue weighted by Gasteiger charge is 2.34. The molecule has 1 heterocycles. The zero-order valence-corrected chi connectivity index (χ0v) is 14.5. The number of carbonyl (C=O) groups is 1. The molecule has 0 spiro atoms. The summed E-state index contributed by atoms with van der Waals surface area (Å²) in [7, 11) is -3.58. The molecule has 0 bridgehead atoms. The number of sulfonamides is 1. The molecule has 0 radical (unpaired) electrons. The van der Waals surface area contributed by atoms with Gasteiger partial charge in [0.1, 0.15) is 6.04 Å². The van der Waals surface area contributed by atoms with E-state index >= 15 is 0 Å². The number of carbonyl (C=O) groups excluding carboxylic acids is 1. The van der Waals surface area contributed by atoms with Crippen molar-refractivity contribution in [2.45, 2.75) is 19.4 Å². The fraction of sp³-hybridized carbons (Fsp3) is 0.278. The molecule has 0 unspecified atom stereocenters. The molecule has 5 nitrogen and oxygen atoms in total. The monoisotopic (exact) mass is 344 g/mol. The predicted octanol–water partition coefficient (Wildman–Crippen LogP) is 2.43. The highest BCUT2D eigenvalue weighted by atomic mass is 32.2. The zero-order valence-electron chi connectivity index (χ0n) is 13.7. The van der Waals surface area contributed by atoms with E-state index in [2.05, 4.69) is 0 Å². The lowest BCUT2D eigenvalue weighted by Crippen LogP contribution is -2.49. The Labute approximate surface area is 142 Å². The Morgan fingerprint density at radius 2 is 1.71 bits per heavy atom. The minimum atomic E-state index is -3.58. The van der Waals surface area contributed by atoms with Crippen LogP contribution in [-0.4, -0.2) is 33.2 Å². The summed E-state index contributed by atoms with van der Waals surface area (Å²) in [6.45, 7) is 2.21. The summed E-state index contributed by atoms with van der Waals surface area (Å²) in [5.74, 6) is -0.214. The number of hydrogen-bond donors (Lipinski definition) is 0. The van der Waals surface area contributed by atoms with Crippen molar-refractivity contribution in [2.24, 2.45) is 0 Å². The highest BCUT2D eigenvalue weighted by molar-refractivity contribution is 7.92. The third-order valence-corrected chi connectivity index (χ3v) is 5.47. The first-order valence-corrected chi connectivity index (χ1v) is 9.68. The lowest BCUT2D eigenvalue weighted by molar-refractivity contribution is -0.119. The van der Waals surface area contributed by atoms with Crippen LogP contribution in [0.25, 0.3) is 0 Å². The van der Waals surface area contributed by atoms with Crippen LogP contribution in [0.15, 0.2) is 54.6 Å². The van der Waals surface area contributed by atoms with Gasteiger partial charge in [0.05, 0.1) is 11.9 Å². The molecule has 24 heavy (non-hydrogen) atoms. The van der Waals surface area contributed by atoms with E-state index < -0.39 is 16.1 Å². The summed E-state index contributed by atoms with van der Waals surface area (Å²) in [5, 5.41) is 0. The zero-order chi connectivity index (χ0) is 17.3. The fourth-order valence-corrected chi connectivity index (χ4v) is 4.34. The number of nitrogens with zero attached hydrogens (tertiary/aromatic N) is 2. The van der Waals surface area contributed by atoms with Gasteiger partial charge in [-0.2, -0.15) is 0 Å². The minimum absolute atomic E-state index is 0.214. The van der Waals surface area contributed by atoms with Gasteiger partial charge in [0.2, 0.25) is 10.0 Å². The average molecular weight is 344 g/mol. The van der Waals surface area contributed by atoms with Gasteiger partial charge < -0.3 is 4.90 Å². The van der Waals surface area contributed by atoms with Gasteiger partial charge in [-0.15, -0.1) is 0 Å². The number of hydrogen-bond acceptors (Lipinski definition) is 3. The minimum Gasteiger partial charge on any atom is -0.310 e. The third-order valence-electron chi connectivity index (χ3n) is 4.23. The van der Waals surface area contributed by atoms with Crippen LogP contribution < -0.4 is 9.21 Å². The second-order valence-corrected chi connectivity index (χ2v) is 7.80. The van der Waals surface area contributed by atoms with Gasteiger partial charge in [-0.05, 0) is 37.1 Å². The van der Waals surface area contributed by atoms with Crippen molar-refractivity contribution >= 4 is 27.3 Å². The van der Waals surface area contributed by atoms with Crippen LogP contribution in [0.1, 0.15) is 12.5 Å². The molecule has 2 aromatic rings. The topological polar surface area (TPSA) is 57.7 Å². The van der Waals surface area contributed by atoms with E-state index in [1.54, 1.807) is 36.1 Å². The lowest BCUT2D eigenvalue weighted by Gasteiger charge is -2.31. The lowest BCUT2D eigenvalue weighted by atomic mass is 10.2. The number of para-hydroxylation sites is 2. The van der Waals surface area contributed by atoms with E-state index in [1.165, 1.54) is 4.31 Å². The summed E-state index contributed by atoms with van der Waals surface area (Å²) < 4.78 is 25.8. The molecule has 0 aromatic heterocycles. The van der Waals surface area contributed by atoms with Gasteiger partial charge in [0, 0.05) is 12.2 Å². The quantitative estimate of drug-likeness (QED) is 0.856. The van der Waals surface area contributed by atoms with Gasteiger partial charge in [0.15, 0.2) is 0 Å². The molecule has 0 fully saturated rings. The summed E-state index contributed by atoms with van der Waals surface area (Å²) in [5.41, 5.74) is 2.48. The van der Waals surface area contributed by atoms with E-state index in [4.69, 9.17) is 0 Å². The molecule has 0 N–H and O–H groups in total. The Balaban J connectivity index is 1.94. The summed E-state index contributed by atoms with van der Waals surface area (Å²) in [6.07, 6.45) is 1.92. The van der Waals surface area contributed by atoms with Crippen LogP contribution in [0.2, 0.25) is 0 Å². The first-order valence-electron chi connectivity index (χ1n) is 7.83. The Kier molecular flexibility index (Phi) is 4.32. The van der Waals surface area contributed by atoms with E-state index in [1.807, 2.05) is 30.3 Å². The van der Waals surface area contributed by atoms with Gasteiger partial charge >= 0.3 is 0 Å². The van der Waals surface area contributed by atoms with Crippen molar-refractivity contribution in [1.82, 2.24) is 0 Å². The van der Waals surface area contributed by atoms with Gasteiger partial charge in [-0.3, -0.25) is 9.10 Å². The van der Waals surface area contributed by atoms with Crippen molar-refractivity contribution in [3.8, 4) is 0 Å². The van der Waals surface area contributed by atoms with Crippen LogP contribution in [0.4, 0.5) is 11.4 Å². The second kappa shape index (κ2) is 6.28. The highest BCUT2D eigenvalue weighted by Crippen LogP contribution is 2.30. The molecular weight excluding hydrogens is 324 g/mol. The van der Waals surface area contributed by atoms with Crippen LogP contribution in [0.3, 0.4) is 0 Å². The van der Waals surface area contributed by atoms with Crippen molar-refractivity contribution in [3.05, 3.63) is 60.2 Å². The maximum atomic E-state index is 13.0. The SMILES string of the molecule is C[C@H](C(=O)N1CCc2ccccc21)N(c1ccccc1)S(C)(=O)=O. The standard InChI is InChI=1S/C18H20N2O3S/c1-14(20(24(2,22)23)16-9-4-3-5-10-16)18(21)19-13-12-15-8-6-7-11-17(15)19/h3-11,14H,12-13H2,1-2H3/t14-/m1/s1. The van der Waals surface area contributed by atoms with Crippen molar-refractivity contribution in [1.29, 1.82) is 0 Å². The van der Waals surface area contributed by atoms with Crippen LogP contribution in [0, 0.1) is 0 Å². The van der Waals surface area contributed by atoms with Gasteiger partial charge in [-0.25, -0.2) is 8.42 Å². The largest absolute Gasteiger partial charge is 0.310 e. The Hall–Kier alpha value is -2.34. The Bertz CT molecular complexity index is 850. The van der Waals surface area contributed by atoms with Crippen molar-refractivity contribution < 1.29 is 13.2 Å². The first-order chi connectivity index (χ1) is 11.4. The Morgan fingerprint density at radius 3 is 2.38 bits per heavy atom. The normalized spacial score (nSPS) is 15.0. The molecule has 1 amide bonds. The molecule has 6 heteroatoms. The van der Waals surface area contributed by atoms with E-state index in [-0.39, 0.29) is 5.91 Å². The molecule has 2 aromatic carbocycles. The smallest absolute Gasteiger partial charge is 0.250 e. The number of amides is 1. The predicted molar refractivity (Wildman–Crippen MR) is 95.7 cm³/mol. The van der Waals surface area contributed by atoms with Crippen LogP contribution in [0.5, 0.6) is 0 Å². The molecule has 3 rings (SSSR count). The molecule has 126 valence electrons. The molecule has 0 saturated carbocycles. The maximum Gasteiger partial charge on any atom is 0.250 e. The van der Waals surface area contributed by atoms with Crippen LogP contribution in [-0.2, 0) is 21.2 Å². The molecular formula is C18H20N2O3S. The van der Waals surface area contributed by atoms with Gasteiger partial charge in [0.25, 0.3) is 5.91 Å². The third kappa shape index (κ3) is 3.01. The number of fused-ring (bicyclic) bond motifs is 1. The first kappa shape index (κ1) is 16.5. The second-order valence-electron chi connectivity index (χ2n) is 5.94. The van der Waals surface area contributed by atoms with Crippen LogP contribution >= 0.6 is 0 Å². The van der Waals surface area contributed by atoms with E-state index in [0.29, 0.717) is 12.2 Å². The molecule has 1 atom stereocenters. The summed E-state index contributed by atoms with van der Waals surface area (Å²) >= 11 is 0. The maximum absolute atomic E-state index is 13.0. The fourth-order valence-electron chi connectivity index (χ4n) is 3.17. The molecule has 0 saturated heterocycles. The summed E-state index contributed by atoms with van der Waals surface area (Å²) in [4.78, 5) is 14.7. The molecule has 0 aliphatic carbocycles. The number of anilines is 2. The number of rotatable bonds is 4. The Morgan fingerprint density at radius 1 is 1.08 bits per heavy atom. The number of benzene rings is 2. The molecule has 1 aliphatic rings. The van der Waals surface area contributed by atoms with Crippen molar-refractivity contribution in [3.63, 3.8) is 0 Å². The van der Waals surface area contributed by atoms with Crippen molar-refractivity contribution in [2.75, 3.05) is 22.0 Å². The molecule has 1 aliphatic heterocycles. The average Bonchev–Trinajstić information content (AvgIpc) is 2.98. The van der Waals surface area contributed by atoms with Gasteiger partial charge in [-0.1, -0.05) is 36.4 Å². The van der Waals surface area contributed by atoms with E-state index in [0.717, 1.165) is 23.9 Å². The summed E-state index contributed by atoms with van der Waals surface area (Å²) in [6, 6.07) is 15.7.